The van der Waals surface area contributed by atoms with Crippen molar-refractivity contribution >= 4 is 0 Å². The third-order valence-electron chi connectivity index (χ3n) is 1.70. The van der Waals surface area contributed by atoms with Gasteiger partial charge in [-0.1, -0.05) is 19.1 Å². The Balaban J connectivity index is 2.27. The molecule has 0 saturated heterocycles. The molecule has 0 spiro atoms. The molecular formula is C10H16O. The van der Waals surface area contributed by atoms with E-state index in [1.165, 1.54) is 5.76 Å². The summed E-state index contributed by atoms with van der Waals surface area (Å²) in [5, 5.41) is 0. The van der Waals surface area contributed by atoms with E-state index < -0.39 is 0 Å². The highest BCUT2D eigenvalue weighted by molar-refractivity contribution is 5.04. The van der Waals surface area contributed by atoms with Crippen molar-refractivity contribution in [1.82, 2.24) is 0 Å². The summed E-state index contributed by atoms with van der Waals surface area (Å²) in [4.78, 5) is 0. The molecule has 11 heavy (non-hydrogen) atoms. The Morgan fingerprint density at radius 3 is 3.18 bits per heavy atom. The van der Waals surface area contributed by atoms with Crippen molar-refractivity contribution in [1.29, 1.82) is 0 Å². The Hall–Kier alpha value is -0.720. The molecule has 0 radical (unpaired) electrons. The Morgan fingerprint density at radius 1 is 1.45 bits per heavy atom. The largest absolute Gasteiger partial charge is 0.498 e. The van der Waals surface area contributed by atoms with Crippen molar-refractivity contribution < 1.29 is 4.74 Å². The first-order valence-electron chi connectivity index (χ1n) is 4.40. The molecule has 0 fully saturated rings. The smallest absolute Gasteiger partial charge is 0.0926 e. The third kappa shape index (κ3) is 3.26. The van der Waals surface area contributed by atoms with E-state index in [4.69, 9.17) is 4.74 Å². The topological polar surface area (TPSA) is 9.23 Å². The molecule has 1 heteroatoms. The third-order valence-corrected chi connectivity index (χ3v) is 1.70. The van der Waals surface area contributed by atoms with Crippen LogP contribution in [0.4, 0.5) is 0 Å². The predicted molar refractivity (Wildman–Crippen MR) is 47.3 cm³/mol. The lowest BCUT2D eigenvalue weighted by molar-refractivity contribution is 0.202. The van der Waals surface area contributed by atoms with Crippen molar-refractivity contribution in [2.24, 2.45) is 0 Å². The van der Waals surface area contributed by atoms with Crippen LogP contribution in [0.15, 0.2) is 24.0 Å². The lowest BCUT2D eigenvalue weighted by Gasteiger charge is -2.06. The maximum Gasteiger partial charge on any atom is 0.0926 e. The molecule has 1 rings (SSSR count). The molecule has 1 aliphatic rings. The summed E-state index contributed by atoms with van der Waals surface area (Å²) in [5.74, 6) is 1.18. The van der Waals surface area contributed by atoms with Gasteiger partial charge in [-0.05, 0) is 25.3 Å². The fraction of sp³-hybridized carbons (Fsp3) is 0.600. The Kier molecular flexibility index (Phi) is 3.81. The molecule has 0 aromatic heterocycles. The number of hydrogen-bond donors (Lipinski definition) is 0. The normalized spacial score (nSPS) is 17.4. The van der Waals surface area contributed by atoms with Crippen LogP contribution in [-0.4, -0.2) is 6.61 Å². The maximum absolute atomic E-state index is 5.53. The van der Waals surface area contributed by atoms with Gasteiger partial charge in [-0.3, -0.25) is 0 Å². The summed E-state index contributed by atoms with van der Waals surface area (Å²) >= 11 is 0. The van der Waals surface area contributed by atoms with Gasteiger partial charge in [0.25, 0.3) is 0 Å². The first kappa shape index (κ1) is 8.38. The lowest BCUT2D eigenvalue weighted by atomic mass is 10.3. The highest BCUT2D eigenvalue weighted by atomic mass is 16.5. The van der Waals surface area contributed by atoms with Gasteiger partial charge in [-0.25, -0.2) is 0 Å². The number of hydrogen-bond acceptors (Lipinski definition) is 1. The Bertz CT molecular complexity index is 156. The van der Waals surface area contributed by atoms with E-state index >= 15 is 0 Å². The molecule has 0 saturated carbocycles. The van der Waals surface area contributed by atoms with Gasteiger partial charge in [0.1, 0.15) is 0 Å². The molecule has 0 unspecified atom stereocenters. The van der Waals surface area contributed by atoms with Crippen LogP contribution in [-0.2, 0) is 4.74 Å². The monoisotopic (exact) mass is 152 g/mol. The second-order valence-electron chi connectivity index (χ2n) is 2.76. The average molecular weight is 152 g/mol. The van der Waals surface area contributed by atoms with Crippen molar-refractivity contribution in [3.8, 4) is 0 Å². The van der Waals surface area contributed by atoms with Crippen LogP contribution < -0.4 is 0 Å². The summed E-state index contributed by atoms with van der Waals surface area (Å²) in [7, 11) is 0. The van der Waals surface area contributed by atoms with Crippen molar-refractivity contribution in [3.63, 3.8) is 0 Å². The van der Waals surface area contributed by atoms with Gasteiger partial charge in [0.05, 0.1) is 12.4 Å². The molecule has 1 aliphatic carbocycles. The first-order valence-corrected chi connectivity index (χ1v) is 4.40. The Labute approximate surface area is 68.8 Å². The zero-order chi connectivity index (χ0) is 7.94. The van der Waals surface area contributed by atoms with Gasteiger partial charge >= 0.3 is 0 Å². The molecule has 0 aromatic carbocycles. The molecule has 62 valence electrons. The van der Waals surface area contributed by atoms with E-state index in [1.807, 2.05) is 0 Å². The zero-order valence-electron chi connectivity index (χ0n) is 7.18. The molecule has 0 amide bonds. The van der Waals surface area contributed by atoms with Crippen LogP contribution in [0, 0.1) is 0 Å². The first-order chi connectivity index (χ1) is 5.43. The molecule has 1 nitrogen and oxygen atoms in total. The summed E-state index contributed by atoms with van der Waals surface area (Å²) in [6.45, 7) is 3.00. The minimum Gasteiger partial charge on any atom is -0.498 e. The highest BCUT2D eigenvalue weighted by Gasteiger charge is 1.98. The van der Waals surface area contributed by atoms with Gasteiger partial charge < -0.3 is 4.74 Å². The van der Waals surface area contributed by atoms with E-state index in [9.17, 15) is 0 Å². The molecule has 0 bridgehead atoms. The molecule has 0 heterocycles. The maximum atomic E-state index is 5.53. The fourth-order valence-electron chi connectivity index (χ4n) is 1.11. The van der Waals surface area contributed by atoms with Gasteiger partial charge in [0.2, 0.25) is 0 Å². The predicted octanol–water partition coefficient (Wildman–Crippen LogP) is 3.04. The van der Waals surface area contributed by atoms with Crippen molar-refractivity contribution in [2.75, 3.05) is 6.61 Å². The molecule has 0 atom stereocenters. The summed E-state index contributed by atoms with van der Waals surface area (Å²) in [6.07, 6.45) is 11.0. The summed E-state index contributed by atoms with van der Waals surface area (Å²) in [5.41, 5.74) is 0. The van der Waals surface area contributed by atoms with E-state index in [2.05, 4.69) is 25.2 Å². The highest BCUT2D eigenvalue weighted by Crippen LogP contribution is 2.13. The fourth-order valence-corrected chi connectivity index (χ4v) is 1.11. The van der Waals surface area contributed by atoms with Crippen LogP contribution in [0.5, 0.6) is 0 Å². The summed E-state index contributed by atoms with van der Waals surface area (Å²) in [6, 6.07) is 0. The Morgan fingerprint density at radius 2 is 2.36 bits per heavy atom. The summed E-state index contributed by atoms with van der Waals surface area (Å²) < 4.78 is 5.53. The SMILES string of the molecule is CCCOC1=CCC=CCC1. The molecular weight excluding hydrogens is 136 g/mol. The van der Waals surface area contributed by atoms with Crippen LogP contribution in [0.1, 0.15) is 32.6 Å². The van der Waals surface area contributed by atoms with E-state index in [0.29, 0.717) is 0 Å². The molecule has 0 aliphatic heterocycles. The van der Waals surface area contributed by atoms with Crippen LogP contribution in [0.25, 0.3) is 0 Å². The van der Waals surface area contributed by atoms with Gasteiger partial charge in [-0.2, -0.15) is 0 Å². The molecule has 0 aromatic rings. The van der Waals surface area contributed by atoms with E-state index in [0.717, 1.165) is 32.3 Å². The van der Waals surface area contributed by atoms with Gasteiger partial charge in [-0.15, -0.1) is 0 Å². The second-order valence-corrected chi connectivity index (χ2v) is 2.76. The second kappa shape index (κ2) is 5.00. The van der Waals surface area contributed by atoms with Crippen LogP contribution in [0.2, 0.25) is 0 Å². The van der Waals surface area contributed by atoms with Gasteiger partial charge in [0.15, 0.2) is 0 Å². The van der Waals surface area contributed by atoms with Crippen molar-refractivity contribution in [2.45, 2.75) is 32.6 Å². The zero-order valence-corrected chi connectivity index (χ0v) is 7.18. The quantitative estimate of drug-likeness (QED) is 0.565. The van der Waals surface area contributed by atoms with Crippen LogP contribution >= 0.6 is 0 Å². The van der Waals surface area contributed by atoms with E-state index in [1.54, 1.807) is 0 Å². The minimum absolute atomic E-state index is 0.867. The number of allylic oxidation sites excluding steroid dienone is 4. The minimum atomic E-state index is 0.867. The number of rotatable bonds is 3. The van der Waals surface area contributed by atoms with Crippen molar-refractivity contribution in [3.05, 3.63) is 24.0 Å². The lowest BCUT2D eigenvalue weighted by Crippen LogP contribution is -1.92. The average Bonchev–Trinajstić information content (AvgIpc) is 2.28. The molecule has 0 N–H and O–H groups in total. The van der Waals surface area contributed by atoms with Crippen LogP contribution in [0.3, 0.4) is 0 Å². The van der Waals surface area contributed by atoms with Gasteiger partial charge in [0, 0.05) is 6.42 Å². The van der Waals surface area contributed by atoms with E-state index in [-0.39, 0.29) is 0 Å². The number of ether oxygens (including phenoxy) is 1. The standard InChI is InChI=1S/C10H16O/c1-2-9-11-10-7-5-3-4-6-8-10/h3-4,7H,2,5-6,8-9H2,1H3.